The smallest absolute Gasteiger partial charge is 0.321 e. The van der Waals surface area contributed by atoms with Gasteiger partial charge in [-0.05, 0) is 61.7 Å². The summed E-state index contributed by atoms with van der Waals surface area (Å²) in [5.74, 6) is -0.334. The second-order valence-corrected chi connectivity index (χ2v) is 9.64. The van der Waals surface area contributed by atoms with Gasteiger partial charge >= 0.3 is 5.97 Å². The number of Topliss-reactive ketones (excluding diaryl/α,β-unsaturated/α-hetero) is 1. The van der Waals surface area contributed by atoms with Crippen molar-refractivity contribution >= 4 is 39.4 Å². The fourth-order valence-electron chi connectivity index (χ4n) is 3.82. The van der Waals surface area contributed by atoms with E-state index in [0.29, 0.717) is 0 Å². The number of ketones is 1. The van der Waals surface area contributed by atoms with Crippen molar-refractivity contribution in [3.63, 3.8) is 0 Å². The Balaban J connectivity index is 1.68. The monoisotopic (exact) mass is 460 g/mol. The van der Waals surface area contributed by atoms with Crippen LogP contribution in [0.25, 0.3) is 0 Å². The van der Waals surface area contributed by atoms with Crippen molar-refractivity contribution in [2.24, 2.45) is 5.92 Å². The summed E-state index contributed by atoms with van der Waals surface area (Å²) >= 11 is 5.15. The van der Waals surface area contributed by atoms with E-state index in [1.807, 2.05) is 52.0 Å². The predicted octanol–water partition coefficient (Wildman–Crippen LogP) is 5.77. The number of esters is 1. The summed E-state index contributed by atoms with van der Waals surface area (Å²) in [6, 6.07) is 12.2. The lowest BCUT2D eigenvalue weighted by Crippen LogP contribution is -2.41. The van der Waals surface area contributed by atoms with Gasteiger partial charge in [-0.25, -0.2) is 0 Å². The average Bonchev–Trinajstić information content (AvgIpc) is 2.62. The Morgan fingerprint density at radius 1 is 1.11 bits per heavy atom. The van der Waals surface area contributed by atoms with E-state index in [4.69, 9.17) is 4.74 Å². The maximum atomic E-state index is 12.9. The molecule has 3 nitrogen and oxygen atoms in total. The lowest BCUT2D eigenvalue weighted by atomic mass is 9.82. The van der Waals surface area contributed by atoms with Crippen LogP contribution in [-0.2, 0) is 14.3 Å². The molecule has 0 amide bonds. The van der Waals surface area contributed by atoms with Gasteiger partial charge in [0.1, 0.15) is 12.0 Å². The molecule has 148 valence electrons. The molecule has 0 aromatic heterocycles. The molecule has 3 rings (SSSR count). The minimum absolute atomic E-state index is 0.0307. The van der Waals surface area contributed by atoms with Gasteiger partial charge in [0.2, 0.25) is 0 Å². The van der Waals surface area contributed by atoms with Crippen LogP contribution in [0, 0.1) is 26.7 Å². The van der Waals surface area contributed by atoms with E-state index >= 15 is 0 Å². The average molecular weight is 461 g/mol. The number of aryl methyl sites for hydroxylation is 3. The van der Waals surface area contributed by atoms with Crippen molar-refractivity contribution in [2.45, 2.75) is 51.0 Å². The summed E-state index contributed by atoms with van der Waals surface area (Å²) in [7, 11) is 0. The zero-order chi connectivity index (χ0) is 20.4. The number of carbonyl (C=O) groups is 2. The topological polar surface area (TPSA) is 43.4 Å². The second kappa shape index (κ2) is 8.83. The van der Waals surface area contributed by atoms with Crippen LogP contribution in [0.15, 0.2) is 45.8 Å². The van der Waals surface area contributed by atoms with E-state index < -0.39 is 11.9 Å². The van der Waals surface area contributed by atoms with Crippen molar-refractivity contribution in [3.05, 3.63) is 63.1 Å². The van der Waals surface area contributed by atoms with E-state index in [2.05, 4.69) is 28.1 Å². The van der Waals surface area contributed by atoms with Crippen LogP contribution >= 0.6 is 27.7 Å². The number of ether oxygens (including phenoxy) is 1. The molecule has 1 heterocycles. The summed E-state index contributed by atoms with van der Waals surface area (Å²) in [4.78, 5) is 26.8. The number of halogens is 1. The molecule has 1 saturated heterocycles. The highest BCUT2D eigenvalue weighted by Crippen LogP contribution is 2.35. The van der Waals surface area contributed by atoms with Gasteiger partial charge in [0, 0.05) is 27.5 Å². The zero-order valence-electron chi connectivity index (χ0n) is 16.6. The molecule has 0 bridgehead atoms. The third-order valence-corrected chi connectivity index (χ3v) is 7.04. The van der Waals surface area contributed by atoms with Crippen LogP contribution in [0.5, 0.6) is 0 Å². The minimum Gasteiger partial charge on any atom is -0.461 e. The highest BCUT2D eigenvalue weighted by atomic mass is 79.9. The van der Waals surface area contributed by atoms with Gasteiger partial charge in [0.25, 0.3) is 0 Å². The van der Waals surface area contributed by atoms with Crippen LogP contribution in [0.3, 0.4) is 0 Å². The Kier molecular flexibility index (Phi) is 6.66. The van der Waals surface area contributed by atoms with Gasteiger partial charge < -0.3 is 4.74 Å². The maximum absolute atomic E-state index is 12.9. The van der Waals surface area contributed by atoms with Crippen molar-refractivity contribution < 1.29 is 14.3 Å². The molecule has 5 heteroatoms. The first-order valence-corrected chi connectivity index (χ1v) is 11.2. The van der Waals surface area contributed by atoms with E-state index in [-0.39, 0.29) is 24.2 Å². The predicted molar refractivity (Wildman–Crippen MR) is 117 cm³/mol. The summed E-state index contributed by atoms with van der Waals surface area (Å²) in [5.41, 5.74) is 3.90. The van der Waals surface area contributed by atoms with Crippen LogP contribution in [0.4, 0.5) is 0 Å². The van der Waals surface area contributed by atoms with Gasteiger partial charge in [0.05, 0.1) is 0 Å². The van der Waals surface area contributed by atoms with E-state index in [0.717, 1.165) is 37.4 Å². The molecule has 0 radical (unpaired) electrons. The molecule has 1 fully saturated rings. The molecule has 1 aliphatic heterocycles. The normalized spacial score (nSPS) is 20.8. The molecule has 2 aromatic rings. The first-order valence-electron chi connectivity index (χ1n) is 9.45. The number of cyclic esters (lactones) is 1. The Labute approximate surface area is 179 Å². The van der Waals surface area contributed by atoms with Crippen molar-refractivity contribution in [2.75, 3.05) is 5.75 Å². The molecular weight excluding hydrogens is 436 g/mol. The number of rotatable bonds is 5. The van der Waals surface area contributed by atoms with Gasteiger partial charge in [-0.15, -0.1) is 11.8 Å². The molecule has 1 aliphatic rings. The highest BCUT2D eigenvalue weighted by molar-refractivity contribution is 9.10. The Bertz CT molecular complexity index is 850. The minimum atomic E-state index is -0.789. The standard InChI is InChI=1S/C23H25BrO3S/c1-13-9-14(2)21(15(3)10-13)22-19(25)11-20(27-23(22)26)16(4)12-28-18-7-5-17(24)6-8-18/h5-10,16,20,22H,11-12H2,1-4H3. The summed E-state index contributed by atoms with van der Waals surface area (Å²) < 4.78 is 6.80. The van der Waals surface area contributed by atoms with Crippen LogP contribution in [0.2, 0.25) is 0 Å². The lowest BCUT2D eigenvalue weighted by Gasteiger charge is -2.32. The zero-order valence-corrected chi connectivity index (χ0v) is 19.0. The summed E-state index contributed by atoms with van der Waals surface area (Å²) in [6.07, 6.45) is -0.0733. The SMILES string of the molecule is Cc1cc(C)c(C2C(=O)CC(C(C)CSc3ccc(Br)cc3)OC2=O)c(C)c1. The number of hydrogen-bond acceptors (Lipinski definition) is 4. The van der Waals surface area contributed by atoms with Gasteiger partial charge in [-0.1, -0.05) is 40.5 Å². The molecule has 0 N–H and O–H groups in total. The Morgan fingerprint density at radius 3 is 2.29 bits per heavy atom. The number of benzene rings is 2. The maximum Gasteiger partial charge on any atom is 0.321 e. The lowest BCUT2D eigenvalue weighted by molar-refractivity contribution is -0.162. The molecule has 0 saturated carbocycles. The highest BCUT2D eigenvalue weighted by Gasteiger charge is 2.41. The van der Waals surface area contributed by atoms with Crippen molar-refractivity contribution in [1.82, 2.24) is 0 Å². The van der Waals surface area contributed by atoms with Gasteiger partial charge in [-0.3, -0.25) is 9.59 Å². The molecule has 28 heavy (non-hydrogen) atoms. The van der Waals surface area contributed by atoms with Crippen LogP contribution < -0.4 is 0 Å². The Hall–Kier alpha value is -1.59. The molecule has 0 spiro atoms. The molecule has 2 aromatic carbocycles. The number of thioether (sulfide) groups is 1. The number of carbonyl (C=O) groups excluding carboxylic acids is 2. The fraction of sp³-hybridized carbons (Fsp3) is 0.391. The molecule has 3 unspecified atom stereocenters. The van der Waals surface area contributed by atoms with Crippen LogP contribution in [0.1, 0.15) is 41.5 Å². The third-order valence-electron chi connectivity index (χ3n) is 5.22. The van der Waals surface area contributed by atoms with Crippen molar-refractivity contribution in [3.8, 4) is 0 Å². The molecular formula is C23H25BrO3S. The first-order chi connectivity index (χ1) is 13.3. The van der Waals surface area contributed by atoms with Gasteiger partial charge in [0.15, 0.2) is 5.78 Å². The van der Waals surface area contributed by atoms with E-state index in [1.165, 1.54) is 0 Å². The molecule has 0 aliphatic carbocycles. The van der Waals surface area contributed by atoms with Crippen LogP contribution in [-0.4, -0.2) is 23.6 Å². The fourth-order valence-corrected chi connectivity index (χ4v) is 5.08. The molecule has 3 atom stereocenters. The summed E-state index contributed by atoms with van der Waals surface area (Å²) in [5, 5.41) is 0. The second-order valence-electron chi connectivity index (χ2n) is 7.63. The van der Waals surface area contributed by atoms with Gasteiger partial charge in [-0.2, -0.15) is 0 Å². The quantitative estimate of drug-likeness (QED) is 0.322. The van der Waals surface area contributed by atoms with Crippen molar-refractivity contribution in [1.29, 1.82) is 0 Å². The van der Waals surface area contributed by atoms with E-state index in [1.54, 1.807) is 11.8 Å². The third kappa shape index (κ3) is 4.69. The summed E-state index contributed by atoms with van der Waals surface area (Å²) in [6.45, 7) is 7.98. The van der Waals surface area contributed by atoms with E-state index in [9.17, 15) is 9.59 Å². The Morgan fingerprint density at radius 2 is 1.71 bits per heavy atom. The number of hydrogen-bond donors (Lipinski definition) is 0. The largest absolute Gasteiger partial charge is 0.461 e. The first kappa shape index (κ1) is 21.1.